The van der Waals surface area contributed by atoms with E-state index >= 15 is 0 Å². The Balaban J connectivity index is 1.91. The number of aryl methyl sites for hydroxylation is 1. The van der Waals surface area contributed by atoms with Gasteiger partial charge in [0, 0.05) is 17.6 Å². The predicted molar refractivity (Wildman–Crippen MR) is 84.2 cm³/mol. The van der Waals surface area contributed by atoms with Crippen molar-refractivity contribution >= 4 is 0 Å². The first kappa shape index (κ1) is 15.3. The molecule has 2 atom stereocenters. The fourth-order valence-electron chi connectivity index (χ4n) is 2.96. The van der Waals surface area contributed by atoms with Crippen LogP contribution in [0, 0.1) is 6.92 Å². The smallest absolute Gasteiger partial charge is 0.124 e. The Morgan fingerprint density at radius 1 is 1.40 bits per heavy atom. The van der Waals surface area contributed by atoms with Crippen molar-refractivity contribution in [3.8, 4) is 5.75 Å². The Morgan fingerprint density at radius 2 is 2.20 bits per heavy atom. The van der Waals surface area contributed by atoms with Gasteiger partial charge in [0.15, 0.2) is 0 Å². The highest BCUT2D eigenvalue weighted by Gasteiger charge is 2.18. The van der Waals surface area contributed by atoms with E-state index in [0.717, 1.165) is 24.3 Å². The van der Waals surface area contributed by atoms with Crippen LogP contribution in [0.2, 0.25) is 0 Å². The second kappa shape index (κ2) is 7.09. The van der Waals surface area contributed by atoms with Crippen LogP contribution in [0.4, 0.5) is 0 Å². The second-order valence-corrected chi connectivity index (χ2v) is 6.10. The maximum atomic E-state index is 6.02. The van der Waals surface area contributed by atoms with Crippen LogP contribution in [0.1, 0.15) is 49.8 Å². The molecule has 0 radical (unpaired) electrons. The maximum absolute atomic E-state index is 6.02. The average Bonchev–Trinajstić information content (AvgIpc) is 2.41. The topological polar surface area (TPSA) is 38.5 Å². The van der Waals surface area contributed by atoms with Gasteiger partial charge in [0.05, 0.1) is 6.61 Å². The second-order valence-electron chi connectivity index (χ2n) is 6.10. The first-order chi connectivity index (χ1) is 9.58. The molecule has 1 aliphatic heterocycles. The summed E-state index contributed by atoms with van der Waals surface area (Å²) in [5.41, 5.74) is 8.34. The summed E-state index contributed by atoms with van der Waals surface area (Å²) in [7, 11) is 2.23. The van der Waals surface area contributed by atoms with Crippen molar-refractivity contribution in [2.24, 2.45) is 5.73 Å². The van der Waals surface area contributed by atoms with Crippen LogP contribution in [-0.2, 0) is 0 Å². The molecule has 0 saturated carbocycles. The van der Waals surface area contributed by atoms with Crippen LogP contribution >= 0.6 is 0 Å². The minimum absolute atomic E-state index is 0.0166. The lowest BCUT2D eigenvalue weighted by Gasteiger charge is -2.32. The molecule has 1 fully saturated rings. The number of nitrogens with two attached hydrogens (primary N) is 1. The SMILES string of the molecule is Cc1ccc([C@H](C)N)c(OCCC2CCCCN2C)c1. The number of hydrogen-bond donors (Lipinski definition) is 1. The minimum Gasteiger partial charge on any atom is -0.493 e. The Hall–Kier alpha value is -1.06. The quantitative estimate of drug-likeness (QED) is 0.897. The zero-order chi connectivity index (χ0) is 14.5. The highest BCUT2D eigenvalue weighted by Crippen LogP contribution is 2.26. The van der Waals surface area contributed by atoms with Crippen LogP contribution in [-0.4, -0.2) is 31.1 Å². The van der Waals surface area contributed by atoms with Gasteiger partial charge < -0.3 is 15.4 Å². The van der Waals surface area contributed by atoms with Gasteiger partial charge in [-0.3, -0.25) is 0 Å². The van der Waals surface area contributed by atoms with Gasteiger partial charge in [-0.25, -0.2) is 0 Å². The summed E-state index contributed by atoms with van der Waals surface area (Å²) in [6, 6.07) is 6.97. The Kier molecular flexibility index (Phi) is 5.44. The highest BCUT2D eigenvalue weighted by molar-refractivity contribution is 5.38. The van der Waals surface area contributed by atoms with Gasteiger partial charge in [-0.2, -0.15) is 0 Å². The van der Waals surface area contributed by atoms with E-state index in [0.29, 0.717) is 6.04 Å². The lowest BCUT2D eigenvalue weighted by Crippen LogP contribution is -2.37. The molecule has 0 bridgehead atoms. The van der Waals surface area contributed by atoms with Gasteiger partial charge in [-0.1, -0.05) is 18.6 Å². The fourth-order valence-corrected chi connectivity index (χ4v) is 2.96. The number of rotatable bonds is 5. The fraction of sp³-hybridized carbons (Fsp3) is 0.647. The molecular formula is C17H28N2O. The standard InChI is InChI=1S/C17H28N2O/c1-13-7-8-16(14(2)18)17(12-13)20-11-9-15-6-4-5-10-19(15)3/h7-8,12,14-15H,4-6,9-11,18H2,1-3H3/t14-,15?/m0/s1. The molecule has 1 unspecified atom stereocenters. The molecule has 0 aliphatic carbocycles. The van der Waals surface area contributed by atoms with E-state index in [1.165, 1.54) is 31.4 Å². The summed E-state index contributed by atoms with van der Waals surface area (Å²) in [5.74, 6) is 0.957. The highest BCUT2D eigenvalue weighted by atomic mass is 16.5. The number of ether oxygens (including phenoxy) is 1. The van der Waals surface area contributed by atoms with Crippen LogP contribution in [0.25, 0.3) is 0 Å². The number of benzene rings is 1. The Bertz CT molecular complexity index is 431. The van der Waals surface area contributed by atoms with Crippen LogP contribution in [0.5, 0.6) is 5.75 Å². The third-order valence-corrected chi connectivity index (χ3v) is 4.29. The number of hydrogen-bond acceptors (Lipinski definition) is 3. The van der Waals surface area contributed by atoms with Crippen molar-refractivity contribution in [2.45, 2.75) is 51.6 Å². The summed E-state index contributed by atoms with van der Waals surface area (Å²) in [6.07, 6.45) is 5.09. The molecule has 2 rings (SSSR count). The van der Waals surface area contributed by atoms with Crippen molar-refractivity contribution in [3.63, 3.8) is 0 Å². The molecule has 20 heavy (non-hydrogen) atoms. The summed E-state index contributed by atoms with van der Waals surface area (Å²) >= 11 is 0. The maximum Gasteiger partial charge on any atom is 0.124 e. The van der Waals surface area contributed by atoms with Crippen molar-refractivity contribution in [3.05, 3.63) is 29.3 Å². The third kappa shape index (κ3) is 3.97. The summed E-state index contributed by atoms with van der Waals surface area (Å²) in [5, 5.41) is 0. The molecule has 112 valence electrons. The first-order valence-electron chi connectivity index (χ1n) is 7.77. The molecule has 1 heterocycles. The molecule has 0 amide bonds. The summed E-state index contributed by atoms with van der Waals surface area (Å²) < 4.78 is 6.02. The largest absolute Gasteiger partial charge is 0.493 e. The molecular weight excluding hydrogens is 248 g/mol. The zero-order valence-corrected chi connectivity index (χ0v) is 13.1. The molecule has 0 spiro atoms. The van der Waals surface area contributed by atoms with Gasteiger partial charge >= 0.3 is 0 Å². The van der Waals surface area contributed by atoms with E-state index in [1.807, 2.05) is 6.92 Å². The van der Waals surface area contributed by atoms with Crippen LogP contribution in [0.15, 0.2) is 18.2 Å². The number of nitrogens with zero attached hydrogens (tertiary/aromatic N) is 1. The molecule has 3 heteroatoms. The normalized spacial score (nSPS) is 21.7. The van der Waals surface area contributed by atoms with Gasteiger partial charge in [-0.15, -0.1) is 0 Å². The van der Waals surface area contributed by atoms with E-state index in [1.54, 1.807) is 0 Å². The predicted octanol–water partition coefficient (Wildman–Crippen LogP) is 3.27. The minimum atomic E-state index is 0.0166. The van der Waals surface area contributed by atoms with Crippen molar-refractivity contribution < 1.29 is 4.74 Å². The molecule has 3 nitrogen and oxygen atoms in total. The van der Waals surface area contributed by atoms with Gasteiger partial charge in [0.2, 0.25) is 0 Å². The van der Waals surface area contributed by atoms with E-state index in [4.69, 9.17) is 10.5 Å². The molecule has 1 saturated heterocycles. The third-order valence-electron chi connectivity index (χ3n) is 4.29. The van der Waals surface area contributed by atoms with Gasteiger partial charge in [0.1, 0.15) is 5.75 Å². The van der Waals surface area contributed by atoms with E-state index in [2.05, 4.69) is 37.1 Å². The van der Waals surface area contributed by atoms with E-state index in [-0.39, 0.29) is 6.04 Å². The van der Waals surface area contributed by atoms with Crippen LogP contribution < -0.4 is 10.5 Å². The van der Waals surface area contributed by atoms with Crippen molar-refractivity contribution in [2.75, 3.05) is 20.2 Å². The van der Waals surface area contributed by atoms with Crippen molar-refractivity contribution in [1.29, 1.82) is 0 Å². The molecule has 1 aliphatic rings. The molecule has 0 aromatic heterocycles. The van der Waals surface area contributed by atoms with E-state index < -0.39 is 0 Å². The molecule has 1 aromatic rings. The summed E-state index contributed by atoms with van der Waals surface area (Å²) in [6.45, 7) is 6.09. The van der Waals surface area contributed by atoms with Crippen LogP contribution in [0.3, 0.4) is 0 Å². The summed E-state index contributed by atoms with van der Waals surface area (Å²) in [4.78, 5) is 2.47. The molecule has 1 aromatic carbocycles. The number of likely N-dealkylation sites (tertiary alicyclic amines) is 1. The monoisotopic (exact) mass is 276 g/mol. The Labute approximate surface area is 123 Å². The lowest BCUT2D eigenvalue weighted by molar-refractivity contribution is 0.152. The number of piperidine rings is 1. The van der Waals surface area contributed by atoms with E-state index in [9.17, 15) is 0 Å². The average molecular weight is 276 g/mol. The first-order valence-corrected chi connectivity index (χ1v) is 7.77. The van der Waals surface area contributed by atoms with Gasteiger partial charge in [-0.05, 0) is 58.3 Å². The zero-order valence-electron chi connectivity index (χ0n) is 13.1. The Morgan fingerprint density at radius 3 is 2.90 bits per heavy atom. The van der Waals surface area contributed by atoms with Crippen molar-refractivity contribution in [1.82, 2.24) is 4.90 Å². The van der Waals surface area contributed by atoms with Gasteiger partial charge in [0.25, 0.3) is 0 Å². The molecule has 2 N–H and O–H groups in total. The lowest BCUT2D eigenvalue weighted by atomic mass is 10.0.